The van der Waals surface area contributed by atoms with Crippen LogP contribution in [0, 0.1) is 6.92 Å². The van der Waals surface area contributed by atoms with Gasteiger partial charge >= 0.3 is 5.97 Å². The number of aliphatic carboxylic acids is 1. The van der Waals surface area contributed by atoms with Crippen LogP contribution in [-0.4, -0.2) is 35.2 Å². The third-order valence-corrected chi connectivity index (χ3v) is 4.63. The van der Waals surface area contributed by atoms with Gasteiger partial charge in [-0.25, -0.2) is 0 Å². The molecule has 0 bridgehead atoms. The predicted molar refractivity (Wildman–Crippen MR) is 107 cm³/mol. The van der Waals surface area contributed by atoms with Crippen LogP contribution in [0.3, 0.4) is 0 Å². The van der Waals surface area contributed by atoms with Gasteiger partial charge in [0, 0.05) is 11.4 Å². The van der Waals surface area contributed by atoms with Gasteiger partial charge in [-0.3, -0.25) is 14.4 Å². The van der Waals surface area contributed by atoms with Crippen molar-refractivity contribution < 1.29 is 19.5 Å². The number of anilines is 1. The number of hydrogen-bond acceptors (Lipinski definition) is 4. The standard InChI is InChI=1S/C20H22N2O4S/c1-14-3-2-4-16(9-14)12-27-13-19(24)22-17-7-5-15(6-8-17)10-18(23)21-11-20(25)26/h2-9H,10-13H2,1H3,(H,21,23)(H,22,24)(H,25,26). The lowest BCUT2D eigenvalue weighted by Crippen LogP contribution is -2.30. The zero-order valence-electron chi connectivity index (χ0n) is 15.0. The molecule has 6 nitrogen and oxygen atoms in total. The van der Waals surface area contributed by atoms with Crippen molar-refractivity contribution in [2.24, 2.45) is 0 Å². The largest absolute Gasteiger partial charge is 0.480 e. The number of nitrogens with one attached hydrogen (secondary N) is 2. The lowest BCUT2D eigenvalue weighted by atomic mass is 10.1. The van der Waals surface area contributed by atoms with E-state index in [0.717, 1.165) is 11.3 Å². The van der Waals surface area contributed by atoms with E-state index in [1.54, 1.807) is 36.0 Å². The molecule has 0 aliphatic heterocycles. The van der Waals surface area contributed by atoms with Gasteiger partial charge in [0.15, 0.2) is 0 Å². The summed E-state index contributed by atoms with van der Waals surface area (Å²) in [5.41, 5.74) is 3.79. The first-order valence-electron chi connectivity index (χ1n) is 8.43. The molecule has 0 saturated heterocycles. The first-order chi connectivity index (χ1) is 12.9. The number of carboxylic acids is 1. The fourth-order valence-corrected chi connectivity index (χ4v) is 3.16. The number of amides is 2. The molecule has 2 rings (SSSR count). The first kappa shape index (κ1) is 20.5. The molecule has 142 valence electrons. The molecule has 0 aliphatic carbocycles. The molecule has 27 heavy (non-hydrogen) atoms. The highest BCUT2D eigenvalue weighted by atomic mass is 32.2. The number of carbonyl (C=O) groups is 3. The fraction of sp³-hybridized carbons (Fsp3) is 0.250. The number of aryl methyl sites for hydroxylation is 1. The quantitative estimate of drug-likeness (QED) is 0.616. The molecule has 0 fully saturated rings. The molecule has 0 spiro atoms. The van der Waals surface area contributed by atoms with Crippen LogP contribution in [-0.2, 0) is 26.6 Å². The molecular formula is C20H22N2O4S. The van der Waals surface area contributed by atoms with E-state index in [1.807, 2.05) is 25.1 Å². The highest BCUT2D eigenvalue weighted by Crippen LogP contribution is 2.15. The van der Waals surface area contributed by atoms with Gasteiger partial charge in [-0.1, -0.05) is 42.0 Å². The van der Waals surface area contributed by atoms with Crippen LogP contribution in [0.15, 0.2) is 48.5 Å². The summed E-state index contributed by atoms with van der Waals surface area (Å²) in [5, 5.41) is 13.7. The third kappa shape index (κ3) is 7.96. The van der Waals surface area contributed by atoms with Crippen LogP contribution in [0.2, 0.25) is 0 Å². The van der Waals surface area contributed by atoms with Gasteiger partial charge in [-0.15, -0.1) is 11.8 Å². The monoisotopic (exact) mass is 386 g/mol. The Labute approximate surface area is 162 Å². The molecule has 0 aliphatic rings. The molecule has 2 aromatic rings. The summed E-state index contributed by atoms with van der Waals surface area (Å²) in [6.45, 7) is 1.65. The minimum absolute atomic E-state index is 0.0837. The Morgan fingerprint density at radius 3 is 2.41 bits per heavy atom. The summed E-state index contributed by atoms with van der Waals surface area (Å²) in [4.78, 5) is 34.0. The van der Waals surface area contributed by atoms with Crippen LogP contribution in [0.5, 0.6) is 0 Å². The first-order valence-corrected chi connectivity index (χ1v) is 9.58. The third-order valence-electron chi connectivity index (χ3n) is 3.62. The van der Waals surface area contributed by atoms with Crippen molar-refractivity contribution in [3.63, 3.8) is 0 Å². The molecule has 2 amide bonds. The highest BCUT2D eigenvalue weighted by Gasteiger charge is 2.07. The fourth-order valence-electron chi connectivity index (χ4n) is 2.39. The summed E-state index contributed by atoms with van der Waals surface area (Å²) >= 11 is 1.55. The Morgan fingerprint density at radius 2 is 1.74 bits per heavy atom. The van der Waals surface area contributed by atoms with E-state index in [4.69, 9.17) is 5.11 Å². The maximum Gasteiger partial charge on any atom is 0.322 e. The Hall–Kier alpha value is -2.80. The lowest BCUT2D eigenvalue weighted by molar-refractivity contribution is -0.137. The van der Waals surface area contributed by atoms with E-state index in [1.165, 1.54) is 11.1 Å². The zero-order chi connectivity index (χ0) is 19.6. The van der Waals surface area contributed by atoms with Gasteiger partial charge in [0.05, 0.1) is 12.2 Å². The van der Waals surface area contributed by atoms with E-state index in [0.29, 0.717) is 11.4 Å². The molecule has 0 aromatic heterocycles. The summed E-state index contributed by atoms with van der Waals surface area (Å²) in [6, 6.07) is 15.1. The van der Waals surface area contributed by atoms with E-state index >= 15 is 0 Å². The smallest absolute Gasteiger partial charge is 0.322 e. The van der Waals surface area contributed by atoms with Gasteiger partial charge < -0.3 is 15.7 Å². The maximum atomic E-state index is 12.0. The number of carbonyl (C=O) groups excluding carboxylic acids is 2. The average molecular weight is 386 g/mol. The number of rotatable bonds is 9. The summed E-state index contributed by atoms with van der Waals surface area (Å²) < 4.78 is 0. The summed E-state index contributed by atoms with van der Waals surface area (Å²) in [5.74, 6) is -0.393. The molecule has 0 radical (unpaired) electrons. The van der Waals surface area contributed by atoms with E-state index < -0.39 is 12.5 Å². The molecule has 2 aromatic carbocycles. The van der Waals surface area contributed by atoms with Crippen molar-refractivity contribution >= 4 is 35.2 Å². The van der Waals surface area contributed by atoms with Gasteiger partial charge in [-0.05, 0) is 30.2 Å². The normalized spacial score (nSPS) is 10.3. The molecule has 3 N–H and O–H groups in total. The Balaban J connectivity index is 1.74. The summed E-state index contributed by atoms with van der Waals surface area (Å²) in [6.07, 6.45) is 0.0911. The van der Waals surface area contributed by atoms with Crippen molar-refractivity contribution in [2.75, 3.05) is 17.6 Å². The van der Waals surface area contributed by atoms with Crippen LogP contribution in [0.25, 0.3) is 0 Å². The van der Waals surface area contributed by atoms with E-state index in [-0.39, 0.29) is 18.2 Å². The average Bonchev–Trinajstić information content (AvgIpc) is 2.62. The lowest BCUT2D eigenvalue weighted by Gasteiger charge is -2.07. The summed E-state index contributed by atoms with van der Waals surface area (Å²) in [7, 11) is 0. The number of hydrogen-bond donors (Lipinski definition) is 3. The highest BCUT2D eigenvalue weighted by molar-refractivity contribution is 7.99. The molecule has 0 saturated carbocycles. The Morgan fingerprint density at radius 1 is 1.00 bits per heavy atom. The van der Waals surface area contributed by atoms with Crippen molar-refractivity contribution in [2.45, 2.75) is 19.1 Å². The zero-order valence-corrected chi connectivity index (χ0v) is 15.8. The SMILES string of the molecule is Cc1cccc(CSCC(=O)Nc2ccc(CC(=O)NCC(=O)O)cc2)c1. The van der Waals surface area contributed by atoms with Crippen LogP contribution >= 0.6 is 11.8 Å². The van der Waals surface area contributed by atoms with Crippen molar-refractivity contribution in [3.8, 4) is 0 Å². The molecule has 7 heteroatoms. The second kappa shape index (κ2) is 10.4. The van der Waals surface area contributed by atoms with Crippen LogP contribution in [0.1, 0.15) is 16.7 Å². The van der Waals surface area contributed by atoms with E-state index in [9.17, 15) is 14.4 Å². The maximum absolute atomic E-state index is 12.0. The second-order valence-corrected chi connectivity index (χ2v) is 7.06. The number of benzene rings is 2. The minimum atomic E-state index is -1.08. The van der Waals surface area contributed by atoms with Gasteiger partial charge in [0.1, 0.15) is 6.54 Å². The number of carboxylic acid groups (broad SMARTS) is 1. The molecule has 0 heterocycles. The number of thioether (sulfide) groups is 1. The topological polar surface area (TPSA) is 95.5 Å². The van der Waals surface area contributed by atoms with Gasteiger partial charge in [0.2, 0.25) is 11.8 Å². The van der Waals surface area contributed by atoms with Gasteiger partial charge in [0.25, 0.3) is 0 Å². The molecule has 0 atom stereocenters. The molecular weight excluding hydrogens is 364 g/mol. The van der Waals surface area contributed by atoms with Crippen molar-refractivity contribution in [1.82, 2.24) is 5.32 Å². The van der Waals surface area contributed by atoms with Crippen molar-refractivity contribution in [3.05, 3.63) is 65.2 Å². The van der Waals surface area contributed by atoms with E-state index in [2.05, 4.69) is 16.7 Å². The minimum Gasteiger partial charge on any atom is -0.480 e. The Bertz CT molecular complexity index is 806. The van der Waals surface area contributed by atoms with Crippen LogP contribution < -0.4 is 10.6 Å². The van der Waals surface area contributed by atoms with Gasteiger partial charge in [-0.2, -0.15) is 0 Å². The van der Waals surface area contributed by atoms with Crippen LogP contribution in [0.4, 0.5) is 5.69 Å². The second-order valence-electron chi connectivity index (χ2n) is 6.07. The van der Waals surface area contributed by atoms with Crippen molar-refractivity contribution in [1.29, 1.82) is 0 Å². The Kier molecular flexibility index (Phi) is 7.88. The molecule has 0 unspecified atom stereocenters. The predicted octanol–water partition coefficient (Wildman–Crippen LogP) is 2.61.